The number of likely N-dealkylation sites (tertiary alicyclic amines) is 1. The second kappa shape index (κ2) is 9.57. The van der Waals surface area contributed by atoms with E-state index in [1.165, 1.54) is 18.3 Å². The molecule has 34 heavy (non-hydrogen) atoms. The average Bonchev–Trinajstić information content (AvgIpc) is 3.20. The number of methoxy groups -OCH3 is 1. The number of aromatic amines is 1. The molecule has 3 aromatic rings. The number of nitrogens with zero attached hydrogens (tertiary/aromatic N) is 3. The van der Waals surface area contributed by atoms with Crippen LogP contribution in [0.4, 0.5) is 17.6 Å². The van der Waals surface area contributed by atoms with Crippen molar-refractivity contribution in [2.24, 2.45) is 0 Å². The number of pyridine rings is 1. The molecule has 7 nitrogen and oxygen atoms in total. The maximum absolute atomic E-state index is 14.8. The number of alkyl halides is 3. The first-order valence-electron chi connectivity index (χ1n) is 10.9. The Morgan fingerprint density at radius 2 is 1.91 bits per heavy atom. The summed E-state index contributed by atoms with van der Waals surface area (Å²) in [5.74, 6) is -0.583. The molecule has 1 aromatic carbocycles. The van der Waals surface area contributed by atoms with Crippen LogP contribution >= 0.6 is 0 Å². The van der Waals surface area contributed by atoms with Crippen molar-refractivity contribution in [1.29, 1.82) is 0 Å². The largest absolute Gasteiger partial charge is 0.573 e. The van der Waals surface area contributed by atoms with Gasteiger partial charge in [-0.15, -0.1) is 13.2 Å². The van der Waals surface area contributed by atoms with Gasteiger partial charge in [-0.1, -0.05) is 0 Å². The molecule has 182 valence electrons. The molecular formula is C23H24F4N4O3. The van der Waals surface area contributed by atoms with E-state index in [9.17, 15) is 22.4 Å². The first-order valence-corrected chi connectivity index (χ1v) is 10.9. The molecule has 1 aliphatic rings. The normalized spacial score (nSPS) is 16.1. The molecular weight excluding hydrogens is 456 g/mol. The summed E-state index contributed by atoms with van der Waals surface area (Å²) in [4.78, 5) is 26.2. The van der Waals surface area contributed by atoms with E-state index >= 15 is 0 Å². The minimum atomic E-state index is -4.79. The van der Waals surface area contributed by atoms with Crippen LogP contribution < -0.4 is 4.74 Å². The molecule has 0 radical (unpaired) electrons. The number of fused-ring (bicyclic) bond motifs is 1. The topological polar surface area (TPSA) is 80.3 Å². The van der Waals surface area contributed by atoms with Crippen LogP contribution in [0.5, 0.6) is 5.75 Å². The van der Waals surface area contributed by atoms with Gasteiger partial charge in [-0.3, -0.25) is 4.79 Å². The molecule has 1 atom stereocenters. The summed E-state index contributed by atoms with van der Waals surface area (Å²) < 4.78 is 60.9. The van der Waals surface area contributed by atoms with E-state index in [0.717, 1.165) is 12.1 Å². The number of H-pyrrole nitrogens is 1. The van der Waals surface area contributed by atoms with Crippen molar-refractivity contribution in [3.63, 3.8) is 0 Å². The molecule has 1 amide bonds. The summed E-state index contributed by atoms with van der Waals surface area (Å²) in [5, 5.41) is 0. The number of hydrogen-bond donors (Lipinski definition) is 1. The van der Waals surface area contributed by atoms with Gasteiger partial charge in [0.2, 0.25) is 0 Å². The highest BCUT2D eigenvalue weighted by Crippen LogP contribution is 2.34. The Balaban J connectivity index is 1.45. The van der Waals surface area contributed by atoms with Crippen LogP contribution in [0.2, 0.25) is 0 Å². The highest BCUT2D eigenvalue weighted by Gasteiger charge is 2.32. The van der Waals surface area contributed by atoms with Gasteiger partial charge in [0, 0.05) is 37.7 Å². The summed E-state index contributed by atoms with van der Waals surface area (Å²) in [6.07, 6.45) is -2.09. The highest BCUT2D eigenvalue weighted by molar-refractivity contribution is 5.94. The third-order valence-electron chi connectivity index (χ3n) is 5.97. The van der Waals surface area contributed by atoms with Gasteiger partial charge < -0.3 is 19.4 Å². The fourth-order valence-electron chi connectivity index (χ4n) is 4.20. The van der Waals surface area contributed by atoms with Crippen LogP contribution in [-0.4, -0.2) is 58.4 Å². The average molecular weight is 480 g/mol. The first kappa shape index (κ1) is 23.9. The second-order valence-corrected chi connectivity index (χ2v) is 8.29. The number of carbonyl (C=O) groups is 1. The quantitative estimate of drug-likeness (QED) is 0.522. The minimum Gasteiger partial charge on any atom is -0.406 e. The van der Waals surface area contributed by atoms with Crippen molar-refractivity contribution in [2.45, 2.75) is 44.6 Å². The van der Waals surface area contributed by atoms with Crippen molar-refractivity contribution in [3.05, 3.63) is 53.2 Å². The number of rotatable bonds is 6. The van der Waals surface area contributed by atoms with Crippen LogP contribution in [0, 0.1) is 5.82 Å². The zero-order chi connectivity index (χ0) is 24.5. The van der Waals surface area contributed by atoms with E-state index in [0.29, 0.717) is 54.9 Å². The SMILES string of the molecule is CO[C@@H](C)Cc1nc2ncc(F)c(C3CCN(C(=O)c4ccc(OC(F)(F)F)cc4)CC3)c2[nH]1. The van der Waals surface area contributed by atoms with E-state index in [1.54, 1.807) is 12.0 Å². The maximum atomic E-state index is 14.8. The van der Waals surface area contributed by atoms with Crippen molar-refractivity contribution in [1.82, 2.24) is 19.9 Å². The van der Waals surface area contributed by atoms with Crippen molar-refractivity contribution in [2.75, 3.05) is 20.2 Å². The Morgan fingerprint density at radius 3 is 2.53 bits per heavy atom. The first-order chi connectivity index (χ1) is 16.1. The molecule has 1 N–H and O–H groups in total. The van der Waals surface area contributed by atoms with Gasteiger partial charge in [-0.05, 0) is 49.9 Å². The number of halogens is 4. The number of nitrogens with one attached hydrogen (secondary N) is 1. The van der Waals surface area contributed by atoms with Gasteiger partial charge >= 0.3 is 6.36 Å². The highest BCUT2D eigenvalue weighted by atomic mass is 19.4. The Hall–Kier alpha value is -3.21. The van der Waals surface area contributed by atoms with Crippen LogP contribution in [0.1, 0.15) is 47.4 Å². The zero-order valence-electron chi connectivity index (χ0n) is 18.7. The number of amides is 1. The molecule has 0 bridgehead atoms. The van der Waals surface area contributed by atoms with E-state index in [1.807, 2.05) is 6.92 Å². The van der Waals surface area contributed by atoms with Gasteiger partial charge in [0.25, 0.3) is 5.91 Å². The smallest absolute Gasteiger partial charge is 0.406 e. The predicted molar refractivity (Wildman–Crippen MR) is 115 cm³/mol. The monoisotopic (exact) mass is 480 g/mol. The Bertz CT molecular complexity index is 1160. The Kier molecular flexibility index (Phi) is 6.74. The van der Waals surface area contributed by atoms with Gasteiger partial charge in [0.1, 0.15) is 17.4 Å². The van der Waals surface area contributed by atoms with Crippen LogP contribution in [-0.2, 0) is 11.2 Å². The lowest BCUT2D eigenvalue weighted by Gasteiger charge is -2.32. The van der Waals surface area contributed by atoms with E-state index < -0.39 is 17.9 Å². The van der Waals surface area contributed by atoms with Crippen molar-refractivity contribution in [3.8, 4) is 5.75 Å². The number of aromatic nitrogens is 3. The van der Waals surface area contributed by atoms with E-state index in [4.69, 9.17) is 4.74 Å². The number of carbonyl (C=O) groups excluding carboxylic acids is 1. The lowest BCUT2D eigenvalue weighted by molar-refractivity contribution is -0.274. The molecule has 1 fully saturated rings. The number of hydrogen-bond acceptors (Lipinski definition) is 5. The van der Waals surface area contributed by atoms with E-state index in [2.05, 4.69) is 19.7 Å². The molecule has 0 aliphatic carbocycles. The fraction of sp³-hybridized carbons (Fsp3) is 0.435. The summed E-state index contributed by atoms with van der Waals surface area (Å²) in [7, 11) is 1.61. The molecule has 4 rings (SSSR count). The molecule has 0 unspecified atom stereocenters. The number of benzene rings is 1. The zero-order valence-corrected chi connectivity index (χ0v) is 18.7. The second-order valence-electron chi connectivity index (χ2n) is 8.29. The lowest BCUT2D eigenvalue weighted by atomic mass is 9.88. The lowest BCUT2D eigenvalue weighted by Crippen LogP contribution is -2.38. The summed E-state index contributed by atoms with van der Waals surface area (Å²) >= 11 is 0. The molecule has 11 heteroatoms. The molecule has 2 aromatic heterocycles. The van der Waals surface area contributed by atoms with Gasteiger partial charge in [0.05, 0.1) is 17.8 Å². The van der Waals surface area contributed by atoms with Crippen LogP contribution in [0.15, 0.2) is 30.5 Å². The Morgan fingerprint density at radius 1 is 1.24 bits per heavy atom. The molecule has 3 heterocycles. The standard InChI is InChI=1S/C23H24F4N4O3/c1-13(33-2)11-18-29-20-19(17(24)12-28-21(20)30-18)14-7-9-31(10-8-14)22(32)15-3-5-16(6-4-15)34-23(25,26)27/h3-6,12-14H,7-11H2,1-2H3,(H,28,29,30)/t13-/m0/s1. The van der Waals surface area contributed by atoms with Gasteiger partial charge in [-0.2, -0.15) is 0 Å². The Labute approximate surface area is 193 Å². The van der Waals surface area contributed by atoms with Gasteiger partial charge in [-0.25, -0.2) is 14.4 Å². The van der Waals surface area contributed by atoms with Crippen LogP contribution in [0.3, 0.4) is 0 Å². The number of ether oxygens (including phenoxy) is 2. The van der Waals surface area contributed by atoms with Crippen LogP contribution in [0.25, 0.3) is 11.2 Å². The predicted octanol–water partition coefficient (Wildman–Crippen LogP) is 4.59. The molecule has 1 saturated heterocycles. The maximum Gasteiger partial charge on any atom is 0.573 e. The molecule has 0 saturated carbocycles. The summed E-state index contributed by atoms with van der Waals surface area (Å²) in [5.41, 5.74) is 1.77. The van der Waals surface area contributed by atoms with Crippen molar-refractivity contribution >= 4 is 17.1 Å². The minimum absolute atomic E-state index is 0.0581. The summed E-state index contributed by atoms with van der Waals surface area (Å²) in [6.45, 7) is 2.68. The number of imidazole rings is 1. The third-order valence-corrected chi connectivity index (χ3v) is 5.97. The third kappa shape index (κ3) is 5.30. The fourth-order valence-corrected chi connectivity index (χ4v) is 4.20. The molecule has 1 aliphatic heterocycles. The van der Waals surface area contributed by atoms with Gasteiger partial charge in [0.15, 0.2) is 5.65 Å². The number of piperidine rings is 1. The van der Waals surface area contributed by atoms with E-state index in [-0.39, 0.29) is 23.5 Å². The summed E-state index contributed by atoms with van der Waals surface area (Å²) in [6, 6.07) is 4.82. The molecule has 0 spiro atoms. The van der Waals surface area contributed by atoms with Crippen molar-refractivity contribution < 1.29 is 31.8 Å².